The number of hydrogen-bond donors (Lipinski definition) is 1. The fraction of sp³-hybridized carbons (Fsp3) is 0.125. The highest BCUT2D eigenvalue weighted by molar-refractivity contribution is 8.01. The summed E-state index contributed by atoms with van der Waals surface area (Å²) in [5.74, 6) is 0.340. The predicted molar refractivity (Wildman–Crippen MR) is 105 cm³/mol. The Morgan fingerprint density at radius 3 is 3.04 bits per heavy atom. The van der Waals surface area contributed by atoms with Gasteiger partial charge in [-0.1, -0.05) is 24.2 Å². The molecule has 0 atom stereocenters. The summed E-state index contributed by atoms with van der Waals surface area (Å²) in [4.78, 5) is 17.6. The second-order valence-corrected chi connectivity index (χ2v) is 7.81. The molecule has 0 bridgehead atoms. The number of hydrogen-bond acceptors (Lipinski definition) is 8. The third-order valence-electron chi connectivity index (χ3n) is 3.60. The van der Waals surface area contributed by atoms with Crippen LogP contribution in [0.5, 0.6) is 0 Å². The van der Waals surface area contributed by atoms with Crippen molar-refractivity contribution < 1.29 is 4.74 Å². The van der Waals surface area contributed by atoms with Gasteiger partial charge in [0.2, 0.25) is 0 Å². The molecule has 3 heterocycles. The van der Waals surface area contributed by atoms with Crippen LogP contribution >= 0.6 is 34.7 Å². The molecule has 7 nitrogen and oxygen atoms in total. The summed E-state index contributed by atoms with van der Waals surface area (Å²) in [5.41, 5.74) is 8.04. The first-order valence-corrected chi connectivity index (χ1v) is 9.60. The van der Waals surface area contributed by atoms with Crippen molar-refractivity contribution in [3.8, 4) is 0 Å². The number of nitrogens with two attached hydrogens (primary N) is 1. The molecule has 0 aliphatic heterocycles. The third kappa shape index (κ3) is 3.09. The number of aromatic nitrogens is 5. The van der Waals surface area contributed by atoms with E-state index in [2.05, 4.69) is 26.5 Å². The van der Waals surface area contributed by atoms with E-state index in [0.717, 1.165) is 19.7 Å². The van der Waals surface area contributed by atoms with Crippen molar-refractivity contribution in [1.29, 1.82) is 0 Å². The van der Waals surface area contributed by atoms with Gasteiger partial charge in [-0.2, -0.15) is 0 Å². The molecule has 26 heavy (non-hydrogen) atoms. The lowest BCUT2D eigenvalue weighted by Crippen LogP contribution is -2.06. The number of anilines is 1. The van der Waals surface area contributed by atoms with Gasteiger partial charge < -0.3 is 10.5 Å². The molecule has 1 aromatic carbocycles. The fourth-order valence-electron chi connectivity index (χ4n) is 2.46. The lowest BCUT2D eigenvalue weighted by molar-refractivity contribution is 0.234. The molecule has 0 aliphatic rings. The van der Waals surface area contributed by atoms with Gasteiger partial charge in [0.15, 0.2) is 26.5 Å². The van der Waals surface area contributed by atoms with Gasteiger partial charge in [-0.3, -0.25) is 4.57 Å². The standard InChI is InChI=1S/C16H13ClN6OS2/c1-2-24-7-6-23-14-11(13(18)19-8-20-14)22-15(23)26-16-21-10-5-3-4-9(17)12(10)25-16/h2-5,8H,1,6-7H2,(H2,18,19,20). The van der Waals surface area contributed by atoms with Crippen molar-refractivity contribution >= 4 is 61.9 Å². The van der Waals surface area contributed by atoms with Gasteiger partial charge in [0.05, 0.1) is 28.0 Å². The van der Waals surface area contributed by atoms with E-state index in [0.29, 0.717) is 35.2 Å². The Morgan fingerprint density at radius 2 is 2.23 bits per heavy atom. The molecule has 0 fully saturated rings. The molecule has 3 aromatic heterocycles. The average molecular weight is 405 g/mol. The van der Waals surface area contributed by atoms with E-state index < -0.39 is 0 Å². The van der Waals surface area contributed by atoms with E-state index in [4.69, 9.17) is 22.1 Å². The number of rotatable bonds is 6. The summed E-state index contributed by atoms with van der Waals surface area (Å²) in [7, 11) is 0. The number of thiazole rings is 1. The minimum atomic E-state index is 0.340. The van der Waals surface area contributed by atoms with Crippen molar-refractivity contribution in [3.63, 3.8) is 0 Å². The lowest BCUT2D eigenvalue weighted by atomic mass is 10.3. The van der Waals surface area contributed by atoms with Crippen LogP contribution in [0, 0.1) is 0 Å². The van der Waals surface area contributed by atoms with Gasteiger partial charge >= 0.3 is 0 Å². The van der Waals surface area contributed by atoms with Crippen LogP contribution in [0.1, 0.15) is 0 Å². The Labute approximate surface area is 161 Å². The summed E-state index contributed by atoms with van der Waals surface area (Å²) in [6.45, 7) is 4.55. The van der Waals surface area contributed by atoms with Crippen molar-refractivity contribution in [2.24, 2.45) is 0 Å². The number of nitrogen functional groups attached to an aromatic ring is 1. The normalized spacial score (nSPS) is 11.3. The van der Waals surface area contributed by atoms with Crippen LogP contribution in [0.15, 0.2) is 46.9 Å². The molecule has 132 valence electrons. The molecule has 0 saturated heterocycles. The molecule has 4 rings (SSSR count). The topological polar surface area (TPSA) is 91.7 Å². The van der Waals surface area contributed by atoms with E-state index in [1.54, 1.807) is 0 Å². The molecular weight excluding hydrogens is 392 g/mol. The zero-order valence-corrected chi connectivity index (χ0v) is 15.8. The quantitative estimate of drug-likeness (QED) is 0.383. The number of benzene rings is 1. The van der Waals surface area contributed by atoms with Crippen molar-refractivity contribution in [2.75, 3.05) is 12.3 Å². The summed E-state index contributed by atoms with van der Waals surface area (Å²) in [6, 6.07) is 5.68. The van der Waals surface area contributed by atoms with Crippen LogP contribution in [0.25, 0.3) is 21.4 Å². The number of ether oxygens (including phenoxy) is 1. The van der Waals surface area contributed by atoms with E-state index in [1.165, 1.54) is 35.7 Å². The molecule has 4 aromatic rings. The SMILES string of the molecule is C=COCCn1c(Sc2nc3cccc(Cl)c3s2)nc2c(N)ncnc21. The van der Waals surface area contributed by atoms with Crippen LogP contribution < -0.4 is 5.73 Å². The number of halogens is 1. The van der Waals surface area contributed by atoms with Crippen LogP contribution in [0.3, 0.4) is 0 Å². The zero-order valence-electron chi connectivity index (χ0n) is 13.4. The second kappa shape index (κ2) is 7.10. The van der Waals surface area contributed by atoms with Gasteiger partial charge in [0, 0.05) is 0 Å². The number of imidazole rings is 1. The van der Waals surface area contributed by atoms with Crippen molar-refractivity contribution in [2.45, 2.75) is 16.0 Å². The largest absolute Gasteiger partial charge is 0.500 e. The van der Waals surface area contributed by atoms with E-state index >= 15 is 0 Å². The third-order valence-corrected chi connectivity index (χ3v) is 6.19. The van der Waals surface area contributed by atoms with Crippen LogP contribution in [0.2, 0.25) is 5.02 Å². The summed E-state index contributed by atoms with van der Waals surface area (Å²) >= 11 is 9.21. The Kier molecular flexibility index (Phi) is 4.66. The van der Waals surface area contributed by atoms with Gasteiger partial charge in [0.25, 0.3) is 0 Å². The molecule has 0 unspecified atom stereocenters. The molecule has 0 aliphatic carbocycles. The zero-order chi connectivity index (χ0) is 18.1. The number of fused-ring (bicyclic) bond motifs is 2. The first kappa shape index (κ1) is 17.1. The maximum Gasteiger partial charge on any atom is 0.177 e. The maximum atomic E-state index is 6.25. The molecule has 2 N–H and O–H groups in total. The van der Waals surface area contributed by atoms with E-state index in [1.807, 2.05) is 22.8 Å². The van der Waals surface area contributed by atoms with E-state index in [9.17, 15) is 0 Å². The van der Waals surface area contributed by atoms with Gasteiger partial charge in [-0.25, -0.2) is 19.9 Å². The van der Waals surface area contributed by atoms with Gasteiger partial charge in [-0.05, 0) is 23.9 Å². The fourth-order valence-corrected chi connectivity index (χ4v) is 4.81. The predicted octanol–water partition coefficient (Wildman–Crippen LogP) is 3.98. The first-order chi connectivity index (χ1) is 12.7. The summed E-state index contributed by atoms with van der Waals surface area (Å²) < 4.78 is 8.98. The van der Waals surface area contributed by atoms with Crippen molar-refractivity contribution in [1.82, 2.24) is 24.5 Å². The minimum absolute atomic E-state index is 0.340. The van der Waals surface area contributed by atoms with Gasteiger partial charge in [0.1, 0.15) is 12.9 Å². The Bertz CT molecular complexity index is 1110. The van der Waals surface area contributed by atoms with Crippen LogP contribution in [0.4, 0.5) is 5.82 Å². The molecular formula is C16H13ClN6OS2. The molecule has 10 heteroatoms. The Hall–Kier alpha value is -2.36. The monoisotopic (exact) mass is 404 g/mol. The highest BCUT2D eigenvalue weighted by Gasteiger charge is 2.18. The number of nitrogens with zero attached hydrogens (tertiary/aromatic N) is 5. The van der Waals surface area contributed by atoms with Crippen molar-refractivity contribution in [3.05, 3.63) is 42.4 Å². The smallest absolute Gasteiger partial charge is 0.177 e. The van der Waals surface area contributed by atoms with Gasteiger partial charge in [-0.15, -0.1) is 11.3 Å². The molecule has 0 amide bonds. The Balaban J connectivity index is 1.76. The molecule has 0 saturated carbocycles. The molecule has 0 radical (unpaired) electrons. The maximum absolute atomic E-state index is 6.25. The second-order valence-electron chi connectivity index (χ2n) is 5.18. The highest BCUT2D eigenvalue weighted by atomic mass is 35.5. The lowest BCUT2D eigenvalue weighted by Gasteiger charge is -2.06. The van der Waals surface area contributed by atoms with E-state index in [-0.39, 0.29) is 0 Å². The van der Waals surface area contributed by atoms with Crippen LogP contribution in [-0.4, -0.2) is 31.1 Å². The minimum Gasteiger partial charge on any atom is -0.500 e. The Morgan fingerprint density at radius 1 is 1.35 bits per heavy atom. The molecule has 0 spiro atoms. The summed E-state index contributed by atoms with van der Waals surface area (Å²) in [5, 5.41) is 1.41. The van der Waals surface area contributed by atoms with Crippen LogP contribution in [-0.2, 0) is 11.3 Å². The summed E-state index contributed by atoms with van der Waals surface area (Å²) in [6.07, 6.45) is 2.83. The first-order valence-electron chi connectivity index (χ1n) is 7.59. The highest BCUT2D eigenvalue weighted by Crippen LogP contribution is 2.38. The average Bonchev–Trinajstić information content (AvgIpc) is 3.19.